The molecule has 0 spiro atoms. The van der Waals surface area contributed by atoms with Gasteiger partial charge in [0.1, 0.15) is 0 Å². The van der Waals surface area contributed by atoms with Crippen molar-refractivity contribution in [1.82, 2.24) is 9.78 Å². The molecule has 0 radical (unpaired) electrons. The molecule has 0 aliphatic carbocycles. The summed E-state index contributed by atoms with van der Waals surface area (Å²) in [6, 6.07) is 9.98. The van der Waals surface area contributed by atoms with Crippen molar-refractivity contribution in [3.63, 3.8) is 0 Å². The first kappa shape index (κ1) is 13.7. The number of aromatic nitrogens is 2. The molecule has 0 saturated heterocycles. The lowest BCUT2D eigenvalue weighted by Crippen LogP contribution is -2.19. The van der Waals surface area contributed by atoms with Gasteiger partial charge >= 0.3 is 0 Å². The average Bonchev–Trinajstić information content (AvgIpc) is 2.67. The number of aromatic hydroxyl groups is 1. The molecule has 0 saturated carbocycles. The maximum Gasteiger partial charge on any atom is 0.238 e. The first-order valence-electron chi connectivity index (χ1n) is 6.80. The Balaban J connectivity index is 2.66. The Morgan fingerprint density at radius 3 is 2.32 bits per heavy atom. The van der Waals surface area contributed by atoms with Gasteiger partial charge in [0.2, 0.25) is 5.88 Å². The van der Waals surface area contributed by atoms with Gasteiger partial charge in [-0.2, -0.15) is 0 Å². The average molecular weight is 258 g/mol. The van der Waals surface area contributed by atoms with Crippen molar-refractivity contribution in [1.29, 1.82) is 0 Å². The predicted octanol–water partition coefficient (Wildman–Crippen LogP) is 3.96. The second-order valence-corrected chi connectivity index (χ2v) is 5.89. The molecular weight excluding hydrogens is 236 g/mol. The molecule has 1 heterocycles. The monoisotopic (exact) mass is 258 g/mol. The summed E-state index contributed by atoms with van der Waals surface area (Å²) in [6.07, 6.45) is 0.998. The molecule has 0 unspecified atom stereocenters. The van der Waals surface area contributed by atoms with E-state index in [1.807, 2.05) is 35.0 Å². The van der Waals surface area contributed by atoms with Crippen molar-refractivity contribution in [2.24, 2.45) is 0 Å². The number of rotatable bonds is 3. The van der Waals surface area contributed by atoms with Crippen molar-refractivity contribution >= 4 is 0 Å². The van der Waals surface area contributed by atoms with Gasteiger partial charge in [-0.3, -0.25) is 4.68 Å². The molecular formula is C16H22N2O. The third-order valence-electron chi connectivity index (χ3n) is 3.14. The summed E-state index contributed by atoms with van der Waals surface area (Å²) in [5.41, 5.74) is 2.92. The van der Waals surface area contributed by atoms with Crippen LogP contribution < -0.4 is 0 Å². The summed E-state index contributed by atoms with van der Waals surface area (Å²) < 4.78 is 1.94. The van der Waals surface area contributed by atoms with Gasteiger partial charge in [0.15, 0.2) is 0 Å². The Labute approximate surface area is 114 Å². The summed E-state index contributed by atoms with van der Waals surface area (Å²) in [7, 11) is 0. The lowest BCUT2D eigenvalue weighted by molar-refractivity contribution is 0.429. The zero-order chi connectivity index (χ0) is 14.0. The fraction of sp³-hybridized carbons (Fsp3) is 0.438. The van der Waals surface area contributed by atoms with Gasteiger partial charge in [0, 0.05) is 12.0 Å². The van der Waals surface area contributed by atoms with E-state index in [-0.39, 0.29) is 11.3 Å². The van der Waals surface area contributed by atoms with Crippen molar-refractivity contribution in [2.45, 2.75) is 46.1 Å². The Bertz CT molecular complexity index is 550. The standard InChI is InChI=1S/C16H22N2O/c1-5-11-18-14(16(2,3)4)13(15(19)17-18)12-9-7-6-8-10-12/h6-10H,5,11H2,1-4H3,(H,17,19). The summed E-state index contributed by atoms with van der Waals surface area (Å²) in [5.74, 6) is 0.129. The lowest BCUT2D eigenvalue weighted by atomic mass is 9.87. The van der Waals surface area contributed by atoms with Crippen LogP contribution in [0.25, 0.3) is 11.1 Å². The Kier molecular flexibility index (Phi) is 3.65. The van der Waals surface area contributed by atoms with Crippen LogP contribution >= 0.6 is 0 Å². The van der Waals surface area contributed by atoms with E-state index in [1.165, 1.54) is 0 Å². The quantitative estimate of drug-likeness (QED) is 0.904. The highest BCUT2D eigenvalue weighted by Gasteiger charge is 2.27. The minimum atomic E-state index is -0.0612. The molecule has 1 aromatic carbocycles. The van der Waals surface area contributed by atoms with E-state index in [1.54, 1.807) is 0 Å². The van der Waals surface area contributed by atoms with Crippen LogP contribution in [0.3, 0.4) is 0 Å². The molecule has 19 heavy (non-hydrogen) atoms. The molecule has 1 N–H and O–H groups in total. The molecule has 102 valence electrons. The van der Waals surface area contributed by atoms with Gasteiger partial charge in [0.05, 0.1) is 11.3 Å². The maximum atomic E-state index is 10.2. The van der Waals surface area contributed by atoms with Gasteiger partial charge in [-0.05, 0) is 12.0 Å². The summed E-state index contributed by atoms with van der Waals surface area (Å²) >= 11 is 0. The van der Waals surface area contributed by atoms with Gasteiger partial charge in [-0.1, -0.05) is 58.0 Å². The van der Waals surface area contributed by atoms with E-state index in [2.05, 4.69) is 32.8 Å². The molecule has 1 aromatic heterocycles. The molecule has 2 aromatic rings. The molecule has 0 atom stereocenters. The Morgan fingerprint density at radius 2 is 1.79 bits per heavy atom. The number of nitrogens with zero attached hydrogens (tertiary/aromatic N) is 2. The smallest absolute Gasteiger partial charge is 0.238 e. The largest absolute Gasteiger partial charge is 0.492 e. The van der Waals surface area contributed by atoms with Crippen LogP contribution in [0.2, 0.25) is 0 Å². The van der Waals surface area contributed by atoms with E-state index in [0.29, 0.717) is 0 Å². The van der Waals surface area contributed by atoms with Crippen LogP contribution in [0, 0.1) is 0 Å². The SMILES string of the molecule is CCCn1nc(O)c(-c2ccccc2)c1C(C)(C)C. The fourth-order valence-electron chi connectivity index (χ4n) is 2.46. The zero-order valence-electron chi connectivity index (χ0n) is 12.1. The van der Waals surface area contributed by atoms with Gasteiger partial charge in [0.25, 0.3) is 0 Å². The highest BCUT2D eigenvalue weighted by molar-refractivity contribution is 5.72. The summed E-state index contributed by atoms with van der Waals surface area (Å²) in [4.78, 5) is 0. The van der Waals surface area contributed by atoms with Crippen LogP contribution in [0.15, 0.2) is 30.3 Å². The third-order valence-corrected chi connectivity index (χ3v) is 3.14. The summed E-state index contributed by atoms with van der Waals surface area (Å²) in [5, 5.41) is 14.5. The minimum Gasteiger partial charge on any atom is -0.492 e. The predicted molar refractivity (Wildman–Crippen MR) is 78.3 cm³/mol. The van der Waals surface area contributed by atoms with Crippen molar-refractivity contribution < 1.29 is 5.11 Å². The molecule has 3 nitrogen and oxygen atoms in total. The molecule has 3 heteroatoms. The highest BCUT2D eigenvalue weighted by atomic mass is 16.3. The number of hydrogen-bond acceptors (Lipinski definition) is 2. The number of aryl methyl sites for hydroxylation is 1. The third kappa shape index (κ3) is 2.65. The van der Waals surface area contributed by atoms with Crippen molar-refractivity contribution in [2.75, 3.05) is 0 Å². The second-order valence-electron chi connectivity index (χ2n) is 5.89. The zero-order valence-corrected chi connectivity index (χ0v) is 12.1. The lowest BCUT2D eigenvalue weighted by Gasteiger charge is -2.22. The Morgan fingerprint density at radius 1 is 1.16 bits per heavy atom. The fourth-order valence-corrected chi connectivity index (χ4v) is 2.46. The first-order chi connectivity index (χ1) is 8.95. The maximum absolute atomic E-state index is 10.2. The van der Waals surface area contributed by atoms with Crippen molar-refractivity contribution in [3.8, 4) is 17.0 Å². The van der Waals surface area contributed by atoms with E-state index >= 15 is 0 Å². The minimum absolute atomic E-state index is 0.0612. The van der Waals surface area contributed by atoms with Gasteiger partial charge < -0.3 is 5.11 Å². The summed E-state index contributed by atoms with van der Waals surface area (Å²) in [6.45, 7) is 9.41. The van der Waals surface area contributed by atoms with Crippen LogP contribution in [0.1, 0.15) is 39.8 Å². The highest BCUT2D eigenvalue weighted by Crippen LogP contribution is 2.38. The topological polar surface area (TPSA) is 38.0 Å². The molecule has 0 amide bonds. The molecule has 0 aliphatic heterocycles. The van der Waals surface area contributed by atoms with Gasteiger partial charge in [-0.25, -0.2) is 0 Å². The number of hydrogen-bond donors (Lipinski definition) is 1. The van der Waals surface area contributed by atoms with E-state index in [4.69, 9.17) is 0 Å². The van der Waals surface area contributed by atoms with E-state index in [9.17, 15) is 5.11 Å². The van der Waals surface area contributed by atoms with Crippen LogP contribution in [0.5, 0.6) is 5.88 Å². The normalized spacial score (nSPS) is 11.8. The molecule has 0 fully saturated rings. The van der Waals surface area contributed by atoms with E-state index in [0.717, 1.165) is 29.8 Å². The number of benzene rings is 1. The van der Waals surface area contributed by atoms with Crippen LogP contribution in [-0.2, 0) is 12.0 Å². The van der Waals surface area contributed by atoms with Crippen LogP contribution in [0.4, 0.5) is 0 Å². The van der Waals surface area contributed by atoms with Gasteiger partial charge in [-0.15, -0.1) is 5.10 Å². The first-order valence-corrected chi connectivity index (χ1v) is 6.80. The molecule has 0 bridgehead atoms. The molecule has 2 rings (SSSR count). The van der Waals surface area contributed by atoms with Crippen molar-refractivity contribution in [3.05, 3.63) is 36.0 Å². The molecule has 0 aliphatic rings. The second kappa shape index (κ2) is 5.08. The van der Waals surface area contributed by atoms with Crippen LogP contribution in [-0.4, -0.2) is 14.9 Å². The Hall–Kier alpha value is -1.77. The van der Waals surface area contributed by atoms with E-state index < -0.39 is 0 Å².